The Morgan fingerprint density at radius 1 is 1.23 bits per heavy atom. The van der Waals surface area contributed by atoms with Crippen LogP contribution in [0.4, 0.5) is 24.5 Å². The Morgan fingerprint density at radius 3 is 2.68 bits per heavy atom. The number of amides is 1. The molecule has 0 saturated heterocycles. The number of fused-ring (bicyclic) bond motifs is 1. The topological polar surface area (TPSA) is 32.3 Å². The summed E-state index contributed by atoms with van der Waals surface area (Å²) in [6, 6.07) is 6.64. The van der Waals surface area contributed by atoms with E-state index in [1.54, 1.807) is 24.3 Å². The summed E-state index contributed by atoms with van der Waals surface area (Å²) < 4.78 is 63.3. The van der Waals surface area contributed by atoms with Crippen LogP contribution in [-0.2, 0) is 11.2 Å². The molecule has 1 amide bonds. The quantitative estimate of drug-likeness (QED) is 0.865. The molecule has 2 aromatic carbocycles. The van der Waals surface area contributed by atoms with E-state index in [0.717, 1.165) is 5.56 Å². The standard InChI is InChI=1S/C16H13F3N2O/c1-21(15-8-11(18)10(17)7-12(15)19)16(22)14-6-9-4-2-3-5-13(9)20-14/h2-5,7-8,14,20H,6H2,1H3/t14-/m0/s1/i1D3. The number of para-hydroxylation sites is 1. The highest BCUT2D eigenvalue weighted by Crippen LogP contribution is 2.28. The van der Waals surface area contributed by atoms with Crippen molar-refractivity contribution in [2.75, 3.05) is 17.2 Å². The van der Waals surface area contributed by atoms with E-state index >= 15 is 0 Å². The van der Waals surface area contributed by atoms with Gasteiger partial charge in [-0.25, -0.2) is 13.2 Å². The number of anilines is 2. The highest BCUT2D eigenvalue weighted by Gasteiger charge is 2.30. The number of nitrogens with zero attached hydrogens (tertiary/aromatic N) is 1. The van der Waals surface area contributed by atoms with Crippen LogP contribution in [0.3, 0.4) is 0 Å². The fraction of sp³-hybridized carbons (Fsp3) is 0.188. The van der Waals surface area contributed by atoms with Crippen molar-refractivity contribution in [3.8, 4) is 0 Å². The molecule has 0 spiro atoms. The van der Waals surface area contributed by atoms with Gasteiger partial charge in [0.05, 0.1) is 5.69 Å². The average molecular weight is 309 g/mol. The van der Waals surface area contributed by atoms with Gasteiger partial charge in [0.1, 0.15) is 11.9 Å². The third-order valence-corrected chi connectivity index (χ3v) is 3.52. The molecule has 0 unspecified atom stereocenters. The van der Waals surface area contributed by atoms with Crippen LogP contribution in [0.2, 0.25) is 0 Å². The second-order valence-corrected chi connectivity index (χ2v) is 4.95. The van der Waals surface area contributed by atoms with Gasteiger partial charge in [-0.3, -0.25) is 4.79 Å². The predicted octanol–water partition coefficient (Wildman–Crippen LogP) is 3.10. The number of rotatable bonds is 2. The Hall–Kier alpha value is -2.50. The maximum absolute atomic E-state index is 14.1. The lowest BCUT2D eigenvalue weighted by atomic mass is 10.1. The average Bonchev–Trinajstić information content (AvgIpc) is 2.95. The van der Waals surface area contributed by atoms with Crippen molar-refractivity contribution in [1.29, 1.82) is 0 Å². The first kappa shape index (κ1) is 11.1. The molecule has 0 aliphatic carbocycles. The minimum absolute atomic E-state index is 0.189. The van der Waals surface area contributed by atoms with Crippen molar-refractivity contribution < 1.29 is 22.1 Å². The minimum atomic E-state index is -3.07. The number of nitrogens with one attached hydrogen (secondary N) is 1. The van der Waals surface area contributed by atoms with E-state index in [4.69, 9.17) is 4.11 Å². The van der Waals surface area contributed by atoms with E-state index in [1.165, 1.54) is 0 Å². The first-order valence-electron chi connectivity index (χ1n) is 8.01. The number of likely N-dealkylation sites (N-methyl/N-ethyl adjacent to an activating group) is 1. The Morgan fingerprint density at radius 2 is 1.95 bits per heavy atom. The summed E-state index contributed by atoms with van der Waals surface area (Å²) in [5.74, 6) is -5.20. The van der Waals surface area contributed by atoms with E-state index in [1.807, 2.05) is 0 Å². The van der Waals surface area contributed by atoms with Crippen LogP contribution < -0.4 is 10.2 Å². The van der Waals surface area contributed by atoms with Crippen LogP contribution in [0.15, 0.2) is 36.4 Å². The number of benzene rings is 2. The number of hydrogen-bond acceptors (Lipinski definition) is 2. The number of carbonyl (C=O) groups is 1. The Labute approximate surface area is 129 Å². The zero-order valence-corrected chi connectivity index (χ0v) is 11.2. The van der Waals surface area contributed by atoms with Crippen molar-refractivity contribution in [1.82, 2.24) is 0 Å². The number of halogens is 3. The SMILES string of the molecule is [2H]C([2H])([2H])N(C(=O)[C@@H]1Cc2ccccc2N1)c1cc(F)c(F)cc1F. The van der Waals surface area contributed by atoms with Crippen LogP contribution in [0.1, 0.15) is 9.68 Å². The second kappa shape index (κ2) is 5.36. The molecule has 1 N–H and O–H groups in total. The van der Waals surface area contributed by atoms with E-state index < -0.39 is 42.1 Å². The third kappa shape index (κ3) is 2.41. The van der Waals surface area contributed by atoms with Crippen LogP contribution in [0.5, 0.6) is 0 Å². The molecule has 1 aliphatic rings. The van der Waals surface area contributed by atoms with Gasteiger partial charge in [-0.2, -0.15) is 0 Å². The van der Waals surface area contributed by atoms with E-state index in [0.29, 0.717) is 11.8 Å². The number of hydrogen-bond donors (Lipinski definition) is 1. The molecule has 1 aliphatic heterocycles. The van der Waals surface area contributed by atoms with Gasteiger partial charge in [0.25, 0.3) is 0 Å². The molecular weight excluding hydrogens is 293 g/mol. The molecule has 3 nitrogen and oxygen atoms in total. The highest BCUT2D eigenvalue weighted by atomic mass is 19.2. The van der Waals surface area contributed by atoms with Crippen molar-refractivity contribution in [3.05, 3.63) is 59.4 Å². The molecule has 22 heavy (non-hydrogen) atoms. The second-order valence-electron chi connectivity index (χ2n) is 4.95. The van der Waals surface area contributed by atoms with Gasteiger partial charge in [-0.1, -0.05) is 18.2 Å². The molecule has 6 heteroatoms. The maximum atomic E-state index is 14.1. The smallest absolute Gasteiger partial charge is 0.249 e. The molecule has 0 radical (unpaired) electrons. The normalized spacial score (nSPS) is 18.7. The predicted molar refractivity (Wildman–Crippen MR) is 77.3 cm³/mol. The summed E-state index contributed by atoms with van der Waals surface area (Å²) in [5.41, 5.74) is 0.635. The van der Waals surface area contributed by atoms with Crippen molar-refractivity contribution in [3.63, 3.8) is 0 Å². The zero-order chi connectivity index (χ0) is 18.4. The molecule has 0 aromatic heterocycles. The molecule has 3 rings (SSSR count). The van der Waals surface area contributed by atoms with Gasteiger partial charge in [0, 0.05) is 35.3 Å². The van der Waals surface area contributed by atoms with Gasteiger partial charge < -0.3 is 10.2 Å². The molecule has 1 atom stereocenters. The van der Waals surface area contributed by atoms with Gasteiger partial charge in [0.2, 0.25) is 5.91 Å². The molecular formula is C16H13F3N2O. The van der Waals surface area contributed by atoms with Crippen LogP contribution in [-0.4, -0.2) is 18.9 Å². The molecule has 0 bridgehead atoms. The number of carbonyl (C=O) groups excluding carboxylic acids is 1. The zero-order valence-electron chi connectivity index (χ0n) is 14.2. The van der Waals surface area contributed by atoms with Gasteiger partial charge in [0.15, 0.2) is 11.6 Å². The maximum Gasteiger partial charge on any atom is 0.249 e. The fourth-order valence-corrected chi connectivity index (χ4v) is 2.40. The first-order chi connectivity index (χ1) is 11.7. The summed E-state index contributed by atoms with van der Waals surface area (Å²) >= 11 is 0. The van der Waals surface area contributed by atoms with Gasteiger partial charge >= 0.3 is 0 Å². The van der Waals surface area contributed by atoms with Gasteiger partial charge in [-0.15, -0.1) is 0 Å². The summed E-state index contributed by atoms with van der Waals surface area (Å²) in [7, 11) is 0. The van der Waals surface area contributed by atoms with Crippen molar-refractivity contribution in [2.24, 2.45) is 0 Å². The monoisotopic (exact) mass is 309 g/mol. The van der Waals surface area contributed by atoms with E-state index in [2.05, 4.69) is 5.32 Å². The fourth-order valence-electron chi connectivity index (χ4n) is 2.40. The molecule has 114 valence electrons. The van der Waals surface area contributed by atoms with Crippen LogP contribution in [0, 0.1) is 17.5 Å². The van der Waals surface area contributed by atoms with E-state index in [-0.39, 0.29) is 17.4 Å². The van der Waals surface area contributed by atoms with Crippen LogP contribution >= 0.6 is 0 Å². The molecule has 0 fully saturated rings. The first-order valence-corrected chi connectivity index (χ1v) is 6.51. The summed E-state index contributed by atoms with van der Waals surface area (Å²) in [5, 5.41) is 2.87. The van der Waals surface area contributed by atoms with Crippen LogP contribution in [0.25, 0.3) is 0 Å². The minimum Gasteiger partial charge on any atom is -0.373 e. The Bertz CT molecular complexity index is 817. The van der Waals surface area contributed by atoms with Gasteiger partial charge in [-0.05, 0) is 11.6 Å². The highest BCUT2D eigenvalue weighted by molar-refractivity contribution is 5.99. The lowest BCUT2D eigenvalue weighted by molar-refractivity contribution is -0.118. The lowest BCUT2D eigenvalue weighted by Crippen LogP contribution is -2.40. The largest absolute Gasteiger partial charge is 0.373 e. The Balaban J connectivity index is 1.98. The summed E-state index contributed by atoms with van der Waals surface area (Å²) in [6.45, 7) is -3.07. The lowest BCUT2D eigenvalue weighted by Gasteiger charge is -2.22. The Kier molecular flexibility index (Phi) is 2.71. The summed E-state index contributed by atoms with van der Waals surface area (Å²) in [6.07, 6.45) is 0.201. The van der Waals surface area contributed by atoms with E-state index in [9.17, 15) is 18.0 Å². The van der Waals surface area contributed by atoms with Crippen molar-refractivity contribution in [2.45, 2.75) is 12.5 Å². The summed E-state index contributed by atoms with van der Waals surface area (Å²) in [4.78, 5) is 12.9. The van der Waals surface area contributed by atoms with Crippen molar-refractivity contribution >= 4 is 17.3 Å². The molecule has 0 saturated carbocycles. The third-order valence-electron chi connectivity index (χ3n) is 3.52. The molecule has 2 aromatic rings. The molecule has 1 heterocycles.